The minimum atomic E-state index is -3.71. The van der Waals surface area contributed by atoms with Crippen LogP contribution in [-0.4, -0.2) is 36.1 Å². The number of aromatic nitrogens is 1. The monoisotopic (exact) mass is 297 g/mol. The maximum absolute atomic E-state index is 11.3. The molecule has 0 atom stereocenters. The van der Waals surface area contributed by atoms with Crippen molar-refractivity contribution in [1.82, 2.24) is 9.46 Å². The predicted molar refractivity (Wildman–Crippen MR) is 71.8 cm³/mol. The van der Waals surface area contributed by atoms with Crippen LogP contribution < -0.4 is 5.14 Å². The van der Waals surface area contributed by atoms with Crippen LogP contribution in [0.25, 0.3) is 11.0 Å². The molecule has 0 radical (unpaired) electrons. The summed E-state index contributed by atoms with van der Waals surface area (Å²) in [5.74, 6) is 0. The minimum absolute atomic E-state index is 0.163. The molecule has 1 aliphatic rings. The lowest BCUT2D eigenvalue weighted by atomic mass is 9.87. The number of fused-ring (bicyclic) bond motifs is 1. The SMILES string of the molecule is NS(=O)(=O)N1CCC(O)(c2noc3ccccc23)CC1. The molecule has 1 aliphatic heterocycles. The molecule has 108 valence electrons. The highest BCUT2D eigenvalue weighted by Crippen LogP contribution is 2.36. The van der Waals surface area contributed by atoms with Crippen molar-refractivity contribution < 1.29 is 18.0 Å². The van der Waals surface area contributed by atoms with Crippen molar-refractivity contribution in [2.75, 3.05) is 13.1 Å². The zero-order valence-corrected chi connectivity index (χ0v) is 11.5. The highest BCUT2D eigenvalue weighted by atomic mass is 32.2. The molecular weight excluding hydrogens is 282 g/mol. The van der Waals surface area contributed by atoms with Gasteiger partial charge >= 0.3 is 0 Å². The Bertz CT molecular complexity index is 732. The van der Waals surface area contributed by atoms with Crippen LogP contribution in [-0.2, 0) is 15.8 Å². The van der Waals surface area contributed by atoms with Gasteiger partial charge in [0, 0.05) is 18.5 Å². The highest BCUT2D eigenvalue weighted by Gasteiger charge is 2.40. The molecule has 0 amide bonds. The summed E-state index contributed by atoms with van der Waals surface area (Å²) in [5, 5.41) is 20.5. The van der Waals surface area contributed by atoms with Gasteiger partial charge in [0.25, 0.3) is 10.2 Å². The van der Waals surface area contributed by atoms with E-state index in [4.69, 9.17) is 9.66 Å². The summed E-state index contributed by atoms with van der Waals surface area (Å²) >= 11 is 0. The molecule has 0 unspecified atom stereocenters. The maximum atomic E-state index is 11.3. The molecule has 3 N–H and O–H groups in total. The van der Waals surface area contributed by atoms with Crippen molar-refractivity contribution in [3.63, 3.8) is 0 Å². The summed E-state index contributed by atoms with van der Waals surface area (Å²) in [6.45, 7) is 0.326. The summed E-state index contributed by atoms with van der Waals surface area (Å²) < 4.78 is 28.9. The summed E-state index contributed by atoms with van der Waals surface area (Å²) in [5.41, 5.74) is -0.125. The number of hydrogen-bond acceptors (Lipinski definition) is 5. The molecule has 1 aromatic heterocycles. The fourth-order valence-corrected chi connectivity index (χ4v) is 3.26. The molecule has 0 spiro atoms. The Labute approximate surface area is 116 Å². The summed E-state index contributed by atoms with van der Waals surface area (Å²) in [4.78, 5) is 0. The number of aliphatic hydroxyl groups is 1. The normalized spacial score (nSPS) is 20.3. The Morgan fingerprint density at radius 2 is 1.95 bits per heavy atom. The van der Waals surface area contributed by atoms with E-state index in [0.717, 1.165) is 9.69 Å². The first-order valence-electron chi connectivity index (χ1n) is 6.25. The van der Waals surface area contributed by atoms with E-state index in [-0.39, 0.29) is 25.9 Å². The third-order valence-corrected chi connectivity index (χ3v) is 4.81. The number of rotatable bonds is 2. The standard InChI is InChI=1S/C12H15N3O4S/c13-20(17,18)15-7-5-12(16,6-8-15)11-9-3-1-2-4-10(9)19-14-11/h1-4,16H,5-8H2,(H2,13,17,18). The number of nitrogens with two attached hydrogens (primary N) is 1. The second-order valence-electron chi connectivity index (χ2n) is 5.00. The van der Waals surface area contributed by atoms with Crippen LogP contribution in [0.2, 0.25) is 0 Å². The summed E-state index contributed by atoms with van der Waals surface area (Å²) in [6.07, 6.45) is 0.472. The Morgan fingerprint density at radius 3 is 2.60 bits per heavy atom. The van der Waals surface area contributed by atoms with Gasteiger partial charge in [0.2, 0.25) is 0 Å². The molecule has 1 saturated heterocycles. The third-order valence-electron chi connectivity index (χ3n) is 3.73. The van der Waals surface area contributed by atoms with E-state index in [9.17, 15) is 13.5 Å². The zero-order chi connectivity index (χ0) is 14.4. The molecule has 1 fully saturated rings. The first-order chi connectivity index (χ1) is 9.40. The van der Waals surface area contributed by atoms with Gasteiger partial charge in [0.1, 0.15) is 11.3 Å². The van der Waals surface area contributed by atoms with Crippen molar-refractivity contribution in [3.8, 4) is 0 Å². The average molecular weight is 297 g/mol. The lowest BCUT2D eigenvalue weighted by molar-refractivity contribution is -0.0145. The quantitative estimate of drug-likeness (QED) is 0.829. The fourth-order valence-electron chi connectivity index (χ4n) is 2.57. The van der Waals surface area contributed by atoms with Gasteiger partial charge in [-0.25, -0.2) is 5.14 Å². The highest BCUT2D eigenvalue weighted by molar-refractivity contribution is 7.86. The van der Waals surface area contributed by atoms with E-state index < -0.39 is 15.8 Å². The van der Waals surface area contributed by atoms with Gasteiger partial charge in [-0.15, -0.1) is 0 Å². The third kappa shape index (κ3) is 2.20. The second-order valence-corrected chi connectivity index (χ2v) is 6.55. The van der Waals surface area contributed by atoms with Gasteiger partial charge in [-0.05, 0) is 25.0 Å². The van der Waals surface area contributed by atoms with E-state index in [0.29, 0.717) is 11.3 Å². The lowest BCUT2D eigenvalue weighted by Gasteiger charge is -2.35. The van der Waals surface area contributed by atoms with Crippen molar-refractivity contribution in [3.05, 3.63) is 30.0 Å². The Balaban J connectivity index is 1.91. The number of piperidine rings is 1. The number of para-hydroxylation sites is 1. The van der Waals surface area contributed by atoms with E-state index in [1.807, 2.05) is 18.2 Å². The Kier molecular flexibility index (Phi) is 3.05. The topological polar surface area (TPSA) is 110 Å². The molecule has 7 nitrogen and oxygen atoms in total. The minimum Gasteiger partial charge on any atom is -0.383 e. The Hall–Kier alpha value is -1.48. The Morgan fingerprint density at radius 1 is 1.30 bits per heavy atom. The van der Waals surface area contributed by atoms with Gasteiger partial charge in [-0.2, -0.15) is 12.7 Å². The van der Waals surface area contributed by atoms with Gasteiger partial charge in [0.05, 0.1) is 0 Å². The van der Waals surface area contributed by atoms with Crippen LogP contribution in [0.15, 0.2) is 28.8 Å². The molecule has 2 aromatic rings. The van der Waals surface area contributed by atoms with Crippen LogP contribution in [0.5, 0.6) is 0 Å². The molecule has 8 heteroatoms. The molecule has 20 heavy (non-hydrogen) atoms. The van der Waals surface area contributed by atoms with Crippen LogP contribution in [0, 0.1) is 0 Å². The van der Waals surface area contributed by atoms with E-state index >= 15 is 0 Å². The zero-order valence-electron chi connectivity index (χ0n) is 10.7. The molecule has 0 saturated carbocycles. The van der Waals surface area contributed by atoms with Crippen molar-refractivity contribution in [2.24, 2.45) is 5.14 Å². The van der Waals surface area contributed by atoms with Crippen molar-refractivity contribution in [2.45, 2.75) is 18.4 Å². The van der Waals surface area contributed by atoms with Crippen LogP contribution >= 0.6 is 0 Å². The number of nitrogens with zero attached hydrogens (tertiary/aromatic N) is 2. The van der Waals surface area contributed by atoms with Gasteiger partial charge in [0.15, 0.2) is 5.58 Å². The summed E-state index contributed by atoms with van der Waals surface area (Å²) in [7, 11) is -3.71. The number of hydrogen-bond donors (Lipinski definition) is 2. The molecule has 0 bridgehead atoms. The molecule has 2 heterocycles. The van der Waals surface area contributed by atoms with Crippen molar-refractivity contribution >= 4 is 21.2 Å². The largest absolute Gasteiger partial charge is 0.383 e. The molecule has 1 aromatic carbocycles. The second kappa shape index (κ2) is 4.52. The molecular formula is C12H15N3O4S. The summed E-state index contributed by atoms with van der Waals surface area (Å²) in [6, 6.07) is 7.26. The van der Waals surface area contributed by atoms with Gasteiger partial charge in [-0.1, -0.05) is 17.3 Å². The smallest absolute Gasteiger partial charge is 0.276 e. The predicted octanol–water partition coefficient (Wildman–Crippen LogP) is 0.315. The van der Waals surface area contributed by atoms with Gasteiger partial charge < -0.3 is 9.63 Å². The van der Waals surface area contributed by atoms with E-state index in [2.05, 4.69) is 5.16 Å². The molecule has 3 rings (SSSR count). The van der Waals surface area contributed by atoms with E-state index in [1.165, 1.54) is 0 Å². The first-order valence-corrected chi connectivity index (χ1v) is 7.76. The number of benzene rings is 1. The van der Waals surface area contributed by atoms with E-state index in [1.54, 1.807) is 6.07 Å². The van der Waals surface area contributed by atoms with Crippen LogP contribution in [0.3, 0.4) is 0 Å². The van der Waals surface area contributed by atoms with Gasteiger partial charge in [-0.3, -0.25) is 0 Å². The fraction of sp³-hybridized carbons (Fsp3) is 0.417. The lowest BCUT2D eigenvalue weighted by Crippen LogP contribution is -2.47. The van der Waals surface area contributed by atoms with Crippen LogP contribution in [0.1, 0.15) is 18.5 Å². The first kappa shape index (κ1) is 13.5. The van der Waals surface area contributed by atoms with Crippen molar-refractivity contribution in [1.29, 1.82) is 0 Å². The average Bonchev–Trinajstić information content (AvgIpc) is 2.82. The molecule has 0 aliphatic carbocycles. The maximum Gasteiger partial charge on any atom is 0.276 e. The van der Waals surface area contributed by atoms with Crippen LogP contribution in [0.4, 0.5) is 0 Å².